The Morgan fingerprint density at radius 1 is 1.18 bits per heavy atom. The van der Waals surface area contributed by atoms with Crippen LogP contribution in [0.3, 0.4) is 0 Å². The highest BCUT2D eigenvalue weighted by molar-refractivity contribution is 5.52. The third-order valence-corrected chi connectivity index (χ3v) is 2.97. The highest BCUT2D eigenvalue weighted by atomic mass is 19.4. The Kier molecular flexibility index (Phi) is 3.90. The van der Waals surface area contributed by atoms with E-state index in [-0.39, 0.29) is 18.2 Å². The number of hydrogen-bond donors (Lipinski definition) is 1. The van der Waals surface area contributed by atoms with Crippen LogP contribution in [-0.4, -0.2) is 19.5 Å². The molecule has 0 aliphatic carbocycles. The molecule has 2 rings (SSSR count). The molecule has 0 saturated heterocycles. The van der Waals surface area contributed by atoms with E-state index in [9.17, 15) is 18.0 Å². The lowest BCUT2D eigenvalue weighted by atomic mass is 10.3. The second-order valence-electron chi connectivity index (χ2n) is 4.72. The first-order valence-corrected chi connectivity index (χ1v) is 6.45. The number of nitrogen functional groups attached to an aromatic ring is 1. The number of alkyl halides is 3. The third-order valence-electron chi connectivity index (χ3n) is 2.97. The Morgan fingerprint density at radius 3 is 2.18 bits per heavy atom. The molecule has 2 aromatic rings. The van der Waals surface area contributed by atoms with Crippen LogP contribution in [0.1, 0.15) is 24.0 Å². The number of nitrogens with zero attached hydrogens (tertiary/aromatic N) is 4. The van der Waals surface area contributed by atoms with Gasteiger partial charge in [-0.25, -0.2) is 15.0 Å². The van der Waals surface area contributed by atoms with Gasteiger partial charge in [0.2, 0.25) is 0 Å². The summed E-state index contributed by atoms with van der Waals surface area (Å²) in [6.07, 6.45) is -4.83. The zero-order valence-electron chi connectivity index (χ0n) is 12.2. The number of nitrogens with two attached hydrogens (primary N) is 1. The van der Waals surface area contributed by atoms with Crippen molar-refractivity contribution in [1.82, 2.24) is 19.5 Å². The van der Waals surface area contributed by atoms with E-state index < -0.39 is 23.1 Å². The molecular weight excluding hydrogens is 299 g/mol. The van der Waals surface area contributed by atoms with Crippen molar-refractivity contribution in [3.63, 3.8) is 0 Å². The summed E-state index contributed by atoms with van der Waals surface area (Å²) in [5.41, 5.74) is 3.11. The van der Waals surface area contributed by atoms with Crippen molar-refractivity contribution in [3.05, 3.63) is 33.5 Å². The Hall–Kier alpha value is -2.45. The van der Waals surface area contributed by atoms with Crippen molar-refractivity contribution in [3.8, 4) is 11.6 Å². The monoisotopic (exact) mass is 313 g/mol. The fraction of sp³-hybridized carbons (Fsp3) is 0.385. The van der Waals surface area contributed by atoms with Crippen molar-refractivity contribution in [2.75, 3.05) is 5.73 Å². The van der Waals surface area contributed by atoms with Gasteiger partial charge in [-0.3, -0.25) is 9.36 Å². The predicted octanol–water partition coefficient (Wildman–Crippen LogP) is 1.94. The maximum Gasteiger partial charge on any atom is 0.435 e. The number of anilines is 1. The van der Waals surface area contributed by atoms with Gasteiger partial charge >= 0.3 is 6.18 Å². The number of halogens is 3. The van der Waals surface area contributed by atoms with Gasteiger partial charge in [-0.05, 0) is 26.8 Å². The van der Waals surface area contributed by atoms with Crippen LogP contribution in [0, 0.1) is 13.8 Å². The van der Waals surface area contributed by atoms with Crippen LogP contribution in [0.15, 0.2) is 10.9 Å². The van der Waals surface area contributed by atoms with Gasteiger partial charge in [0.15, 0.2) is 17.3 Å². The van der Waals surface area contributed by atoms with Crippen LogP contribution < -0.4 is 11.3 Å². The number of hydrogen-bond acceptors (Lipinski definition) is 5. The molecular formula is C13H14F3N5O. The number of aromatic nitrogens is 4. The highest BCUT2D eigenvalue weighted by Crippen LogP contribution is 2.31. The summed E-state index contributed by atoms with van der Waals surface area (Å²) >= 11 is 0. The molecule has 0 amide bonds. The second-order valence-corrected chi connectivity index (χ2v) is 4.72. The summed E-state index contributed by atoms with van der Waals surface area (Å²) in [6.45, 7) is 5.05. The summed E-state index contributed by atoms with van der Waals surface area (Å²) < 4.78 is 40.0. The molecule has 2 aromatic heterocycles. The third kappa shape index (κ3) is 2.78. The first kappa shape index (κ1) is 15.9. The van der Waals surface area contributed by atoms with E-state index in [2.05, 4.69) is 15.0 Å². The molecule has 0 bridgehead atoms. The summed E-state index contributed by atoms with van der Waals surface area (Å²) in [7, 11) is 0. The van der Waals surface area contributed by atoms with Crippen LogP contribution in [-0.2, 0) is 12.7 Å². The fourth-order valence-electron chi connectivity index (χ4n) is 2.08. The standard InChI is InChI=1S/C13H14F3N5O/c1-4-21-11(10-18-6(2)5-7(3)19-10)20-9(13(14,15)16)8(17)12(21)22/h5H,4,17H2,1-3H3. The highest BCUT2D eigenvalue weighted by Gasteiger charge is 2.37. The molecule has 2 N–H and O–H groups in total. The minimum atomic E-state index is -4.83. The lowest BCUT2D eigenvalue weighted by molar-refractivity contribution is -0.140. The van der Waals surface area contributed by atoms with Crippen molar-refractivity contribution in [2.45, 2.75) is 33.5 Å². The summed E-state index contributed by atoms with van der Waals surface area (Å²) in [4.78, 5) is 23.7. The molecule has 0 fully saturated rings. The zero-order valence-corrected chi connectivity index (χ0v) is 12.2. The van der Waals surface area contributed by atoms with E-state index >= 15 is 0 Å². The largest absolute Gasteiger partial charge is 0.435 e. The molecule has 0 aliphatic rings. The van der Waals surface area contributed by atoms with Crippen molar-refractivity contribution >= 4 is 5.69 Å². The lowest BCUT2D eigenvalue weighted by Crippen LogP contribution is -2.30. The summed E-state index contributed by atoms with van der Waals surface area (Å²) in [5.74, 6) is -0.289. The molecule has 0 aromatic carbocycles. The van der Waals surface area contributed by atoms with Crippen molar-refractivity contribution in [1.29, 1.82) is 0 Å². The predicted molar refractivity (Wildman–Crippen MR) is 74.1 cm³/mol. The molecule has 2 heterocycles. The first-order valence-electron chi connectivity index (χ1n) is 6.45. The fourth-order valence-corrected chi connectivity index (χ4v) is 2.08. The maximum atomic E-state index is 13.0. The molecule has 0 aliphatic heterocycles. The van der Waals surface area contributed by atoms with E-state index in [1.807, 2.05) is 0 Å². The van der Waals surface area contributed by atoms with Gasteiger partial charge in [-0.15, -0.1) is 0 Å². The minimum absolute atomic E-state index is 0.0399. The van der Waals surface area contributed by atoms with Gasteiger partial charge in [0, 0.05) is 17.9 Å². The SMILES string of the molecule is CCn1c(-c2nc(C)cc(C)n2)nc(C(F)(F)F)c(N)c1=O. The second kappa shape index (κ2) is 5.39. The number of rotatable bonds is 2. The van der Waals surface area contributed by atoms with Gasteiger partial charge < -0.3 is 5.73 Å². The molecule has 0 unspecified atom stereocenters. The molecule has 22 heavy (non-hydrogen) atoms. The smallest absolute Gasteiger partial charge is 0.392 e. The van der Waals surface area contributed by atoms with Gasteiger partial charge in [-0.2, -0.15) is 13.2 Å². The van der Waals surface area contributed by atoms with E-state index in [0.29, 0.717) is 11.4 Å². The summed E-state index contributed by atoms with van der Waals surface area (Å²) in [6, 6.07) is 1.67. The Labute approximate surface area is 123 Å². The number of aryl methyl sites for hydroxylation is 2. The Balaban J connectivity index is 2.85. The molecule has 6 nitrogen and oxygen atoms in total. The van der Waals surface area contributed by atoms with Crippen LogP contribution in [0.5, 0.6) is 0 Å². The van der Waals surface area contributed by atoms with Crippen LogP contribution in [0.25, 0.3) is 11.6 Å². The summed E-state index contributed by atoms with van der Waals surface area (Å²) in [5, 5.41) is 0. The van der Waals surface area contributed by atoms with Crippen molar-refractivity contribution in [2.24, 2.45) is 0 Å². The average molecular weight is 313 g/mol. The molecule has 0 spiro atoms. The van der Waals surface area contributed by atoms with Gasteiger partial charge in [0.05, 0.1) is 0 Å². The Morgan fingerprint density at radius 2 is 1.73 bits per heavy atom. The van der Waals surface area contributed by atoms with Gasteiger partial charge in [-0.1, -0.05) is 0 Å². The van der Waals surface area contributed by atoms with E-state index in [0.717, 1.165) is 4.57 Å². The van der Waals surface area contributed by atoms with E-state index in [1.54, 1.807) is 26.8 Å². The average Bonchev–Trinajstić information content (AvgIpc) is 2.38. The molecule has 118 valence electrons. The van der Waals surface area contributed by atoms with Gasteiger partial charge in [0.1, 0.15) is 5.69 Å². The van der Waals surface area contributed by atoms with Gasteiger partial charge in [0.25, 0.3) is 5.56 Å². The van der Waals surface area contributed by atoms with Crippen molar-refractivity contribution < 1.29 is 13.2 Å². The van der Waals surface area contributed by atoms with Crippen LogP contribution >= 0.6 is 0 Å². The van der Waals surface area contributed by atoms with E-state index in [1.165, 1.54) is 0 Å². The lowest BCUT2D eigenvalue weighted by Gasteiger charge is -2.15. The molecule has 0 saturated carbocycles. The maximum absolute atomic E-state index is 13.0. The Bertz CT molecular complexity index is 762. The van der Waals surface area contributed by atoms with Crippen LogP contribution in [0.2, 0.25) is 0 Å². The topological polar surface area (TPSA) is 86.7 Å². The van der Waals surface area contributed by atoms with E-state index in [4.69, 9.17) is 5.73 Å². The zero-order chi connectivity index (χ0) is 16.7. The molecule has 0 radical (unpaired) electrons. The first-order chi connectivity index (χ1) is 10.1. The van der Waals surface area contributed by atoms with Crippen LogP contribution in [0.4, 0.5) is 18.9 Å². The quantitative estimate of drug-likeness (QED) is 0.915. The minimum Gasteiger partial charge on any atom is -0.392 e. The normalized spacial score (nSPS) is 11.7. The molecule has 9 heteroatoms. The molecule has 0 atom stereocenters.